The summed E-state index contributed by atoms with van der Waals surface area (Å²) in [7, 11) is -3.41. The van der Waals surface area contributed by atoms with Crippen LogP contribution in [0.15, 0.2) is 39.6 Å². The molecule has 1 aromatic heterocycles. The molecule has 8 heteroatoms. The number of benzene rings is 1. The Bertz CT molecular complexity index is 766. The summed E-state index contributed by atoms with van der Waals surface area (Å²) in [6.45, 7) is 6.77. The van der Waals surface area contributed by atoms with E-state index in [1.807, 2.05) is 19.9 Å². The topological polar surface area (TPSA) is 79.5 Å². The van der Waals surface area contributed by atoms with Gasteiger partial charge in [-0.25, -0.2) is 8.42 Å². The smallest absolute Gasteiger partial charge is 0.243 e. The van der Waals surface area contributed by atoms with E-state index in [4.69, 9.17) is 4.42 Å². The van der Waals surface area contributed by atoms with Gasteiger partial charge in [0, 0.05) is 32.1 Å². The monoisotopic (exact) mass is 350 g/mol. The molecule has 1 aliphatic heterocycles. The maximum absolute atomic E-state index is 12.6. The van der Waals surface area contributed by atoms with Gasteiger partial charge < -0.3 is 4.42 Å². The van der Waals surface area contributed by atoms with Crippen molar-refractivity contribution in [3.05, 3.63) is 42.1 Å². The van der Waals surface area contributed by atoms with Crippen molar-refractivity contribution in [3.63, 3.8) is 0 Å². The van der Waals surface area contributed by atoms with Crippen LogP contribution in [0, 0.1) is 0 Å². The maximum Gasteiger partial charge on any atom is 0.243 e. The van der Waals surface area contributed by atoms with Gasteiger partial charge in [-0.2, -0.15) is 4.31 Å². The molecule has 2 aromatic rings. The molecule has 1 aromatic carbocycles. The van der Waals surface area contributed by atoms with Gasteiger partial charge in [0.25, 0.3) is 0 Å². The zero-order valence-corrected chi connectivity index (χ0v) is 14.7. The summed E-state index contributed by atoms with van der Waals surface area (Å²) < 4.78 is 32.3. The van der Waals surface area contributed by atoms with Crippen molar-refractivity contribution in [3.8, 4) is 0 Å². The predicted octanol–water partition coefficient (Wildman–Crippen LogP) is 1.70. The molecule has 0 N–H and O–H groups in total. The average Bonchev–Trinajstić information content (AvgIpc) is 3.05. The second-order valence-corrected chi connectivity index (χ2v) is 8.12. The van der Waals surface area contributed by atoms with Crippen LogP contribution in [0.5, 0.6) is 0 Å². The molecule has 0 unspecified atom stereocenters. The van der Waals surface area contributed by atoms with Crippen LogP contribution in [-0.2, 0) is 16.6 Å². The molecule has 1 fully saturated rings. The lowest BCUT2D eigenvalue weighted by molar-refractivity contribution is 0.167. The number of nitrogens with zero attached hydrogens (tertiary/aromatic N) is 4. The molecule has 0 radical (unpaired) electrons. The van der Waals surface area contributed by atoms with Crippen LogP contribution < -0.4 is 0 Å². The van der Waals surface area contributed by atoms with E-state index in [1.165, 1.54) is 4.31 Å². The van der Waals surface area contributed by atoms with Crippen LogP contribution in [0.25, 0.3) is 0 Å². The van der Waals surface area contributed by atoms with E-state index in [0.29, 0.717) is 49.4 Å². The zero-order valence-electron chi connectivity index (χ0n) is 13.9. The molecule has 0 amide bonds. The lowest BCUT2D eigenvalue weighted by Crippen LogP contribution is -2.48. The molecule has 3 rings (SSSR count). The molecule has 0 spiro atoms. The summed E-state index contributed by atoms with van der Waals surface area (Å²) in [5.41, 5.74) is 0. The van der Waals surface area contributed by atoms with Crippen LogP contribution in [0.4, 0.5) is 0 Å². The highest BCUT2D eigenvalue weighted by atomic mass is 32.2. The first-order valence-electron chi connectivity index (χ1n) is 8.06. The standard InChI is InChI=1S/C16H22N4O3S/c1-13(2)16-18-17-15(23-16)12-19-8-10-20(11-9-19)24(21,22)14-6-4-3-5-7-14/h3-7,13H,8-12H2,1-2H3. The van der Waals surface area contributed by atoms with Crippen LogP contribution in [0.2, 0.25) is 0 Å². The number of aromatic nitrogens is 2. The van der Waals surface area contributed by atoms with E-state index in [0.717, 1.165) is 0 Å². The summed E-state index contributed by atoms with van der Waals surface area (Å²) in [6, 6.07) is 8.56. The van der Waals surface area contributed by atoms with E-state index in [1.54, 1.807) is 24.3 Å². The van der Waals surface area contributed by atoms with E-state index in [2.05, 4.69) is 15.1 Å². The van der Waals surface area contributed by atoms with Crippen LogP contribution in [-0.4, -0.2) is 54.0 Å². The minimum atomic E-state index is -3.41. The molecule has 0 saturated carbocycles. The second kappa shape index (κ2) is 7.00. The Morgan fingerprint density at radius 1 is 1.08 bits per heavy atom. The number of hydrogen-bond acceptors (Lipinski definition) is 6. The van der Waals surface area contributed by atoms with Crippen molar-refractivity contribution >= 4 is 10.0 Å². The van der Waals surface area contributed by atoms with Crippen LogP contribution in [0.3, 0.4) is 0 Å². The quantitative estimate of drug-likeness (QED) is 0.817. The Balaban J connectivity index is 1.59. The van der Waals surface area contributed by atoms with Crippen molar-refractivity contribution in [1.82, 2.24) is 19.4 Å². The fourth-order valence-corrected chi connectivity index (χ4v) is 4.07. The first-order chi connectivity index (χ1) is 11.5. The predicted molar refractivity (Wildman–Crippen MR) is 88.9 cm³/mol. The fraction of sp³-hybridized carbons (Fsp3) is 0.500. The third-order valence-electron chi connectivity index (χ3n) is 4.05. The highest BCUT2D eigenvalue weighted by Crippen LogP contribution is 2.18. The number of rotatable bonds is 5. The molecular formula is C16H22N4O3S. The molecule has 2 heterocycles. The third-order valence-corrected chi connectivity index (χ3v) is 5.96. The number of hydrogen-bond donors (Lipinski definition) is 0. The molecule has 24 heavy (non-hydrogen) atoms. The minimum Gasteiger partial charge on any atom is -0.424 e. The molecule has 7 nitrogen and oxygen atoms in total. The van der Waals surface area contributed by atoms with Crippen molar-refractivity contribution in [2.45, 2.75) is 31.2 Å². The average molecular weight is 350 g/mol. The molecule has 130 valence electrons. The Kier molecular flexibility index (Phi) is 4.98. The van der Waals surface area contributed by atoms with Gasteiger partial charge in [0.05, 0.1) is 11.4 Å². The van der Waals surface area contributed by atoms with Gasteiger partial charge in [0.2, 0.25) is 21.8 Å². The fourth-order valence-electron chi connectivity index (χ4n) is 2.62. The Hall–Kier alpha value is -1.77. The minimum absolute atomic E-state index is 0.208. The summed E-state index contributed by atoms with van der Waals surface area (Å²) in [5.74, 6) is 1.42. The van der Waals surface area contributed by atoms with Gasteiger partial charge in [-0.1, -0.05) is 32.0 Å². The van der Waals surface area contributed by atoms with E-state index >= 15 is 0 Å². The van der Waals surface area contributed by atoms with Gasteiger partial charge in [0.15, 0.2) is 0 Å². The van der Waals surface area contributed by atoms with Gasteiger partial charge in [-0.3, -0.25) is 4.90 Å². The lowest BCUT2D eigenvalue weighted by Gasteiger charge is -2.33. The summed E-state index contributed by atoms with van der Waals surface area (Å²) in [6.07, 6.45) is 0. The van der Waals surface area contributed by atoms with E-state index in [-0.39, 0.29) is 5.92 Å². The van der Waals surface area contributed by atoms with E-state index < -0.39 is 10.0 Å². The molecular weight excluding hydrogens is 328 g/mol. The molecule has 0 bridgehead atoms. The van der Waals surface area contributed by atoms with Crippen molar-refractivity contribution in [1.29, 1.82) is 0 Å². The Morgan fingerprint density at radius 3 is 2.33 bits per heavy atom. The van der Waals surface area contributed by atoms with Crippen LogP contribution in [0.1, 0.15) is 31.5 Å². The van der Waals surface area contributed by atoms with Gasteiger partial charge in [-0.05, 0) is 12.1 Å². The zero-order chi connectivity index (χ0) is 17.2. The molecule has 0 atom stereocenters. The number of sulfonamides is 1. The molecule has 1 saturated heterocycles. The first-order valence-corrected chi connectivity index (χ1v) is 9.50. The van der Waals surface area contributed by atoms with Crippen molar-refractivity contribution in [2.75, 3.05) is 26.2 Å². The summed E-state index contributed by atoms with van der Waals surface area (Å²) >= 11 is 0. The lowest BCUT2D eigenvalue weighted by atomic mass is 10.2. The maximum atomic E-state index is 12.6. The second-order valence-electron chi connectivity index (χ2n) is 6.18. The molecule has 1 aliphatic rings. The third kappa shape index (κ3) is 3.66. The van der Waals surface area contributed by atoms with Gasteiger partial charge in [0.1, 0.15) is 0 Å². The van der Waals surface area contributed by atoms with Gasteiger partial charge in [-0.15, -0.1) is 10.2 Å². The first kappa shape index (κ1) is 17.1. The van der Waals surface area contributed by atoms with E-state index in [9.17, 15) is 8.42 Å². The van der Waals surface area contributed by atoms with Crippen molar-refractivity contribution < 1.29 is 12.8 Å². The molecule has 0 aliphatic carbocycles. The summed E-state index contributed by atoms with van der Waals surface area (Å²) in [4.78, 5) is 2.48. The Labute approximate surface area is 142 Å². The SMILES string of the molecule is CC(C)c1nnc(CN2CCN(S(=O)(=O)c3ccccc3)CC2)o1. The van der Waals surface area contributed by atoms with Gasteiger partial charge >= 0.3 is 0 Å². The summed E-state index contributed by atoms with van der Waals surface area (Å²) in [5, 5.41) is 8.08. The number of piperazine rings is 1. The largest absolute Gasteiger partial charge is 0.424 e. The Morgan fingerprint density at radius 2 is 1.75 bits per heavy atom. The highest BCUT2D eigenvalue weighted by molar-refractivity contribution is 7.89. The van der Waals surface area contributed by atoms with Crippen molar-refractivity contribution in [2.24, 2.45) is 0 Å². The normalized spacial score (nSPS) is 17.5. The highest BCUT2D eigenvalue weighted by Gasteiger charge is 2.28. The van der Waals surface area contributed by atoms with Crippen LogP contribution >= 0.6 is 0 Å².